The molecular weight excluding hydrogens is 344 g/mol. The Morgan fingerprint density at radius 2 is 1.42 bits per heavy atom. The fourth-order valence-electron chi connectivity index (χ4n) is 3.14. The van der Waals surface area contributed by atoms with Crippen molar-refractivity contribution >= 4 is 0 Å². The molecule has 1 aliphatic carbocycles. The van der Waals surface area contributed by atoms with Gasteiger partial charge in [-0.2, -0.15) is 0 Å². The highest BCUT2D eigenvalue weighted by atomic mass is 16.4. The van der Waals surface area contributed by atoms with Crippen LogP contribution < -0.4 is 5.32 Å². The molecule has 6 atom stereocenters. The molecule has 2 rings (SSSR count). The highest BCUT2D eigenvalue weighted by Crippen LogP contribution is 2.21. The quantitative estimate of drug-likeness (QED) is 0.219. The number of unbranched alkanes of at least 4 members (excludes halogenated alkanes) is 4. The van der Waals surface area contributed by atoms with E-state index in [-0.39, 0.29) is 13.2 Å². The second kappa shape index (κ2) is 10.3. The van der Waals surface area contributed by atoms with Gasteiger partial charge in [-0.3, -0.25) is 4.68 Å². The number of aliphatic hydroxyl groups excluding tert-OH is 6. The third-order valence-corrected chi connectivity index (χ3v) is 4.79. The van der Waals surface area contributed by atoms with Crippen LogP contribution in [-0.4, -0.2) is 88.8 Å². The summed E-state index contributed by atoms with van der Waals surface area (Å²) in [5, 5.41) is 68.6. The van der Waals surface area contributed by atoms with Gasteiger partial charge in [-0.05, 0) is 12.8 Å². The number of aromatic nitrogens is 3. The number of hydrogen-bond donors (Lipinski definition) is 7. The molecule has 0 bridgehead atoms. The highest BCUT2D eigenvalue weighted by molar-refractivity contribution is 5.03. The molecule has 0 radical (unpaired) electrons. The van der Waals surface area contributed by atoms with Crippen molar-refractivity contribution in [3.8, 4) is 0 Å². The maximum Gasteiger partial charge on any atom is 0.111 e. The van der Waals surface area contributed by atoms with Crippen LogP contribution in [-0.2, 0) is 13.1 Å². The van der Waals surface area contributed by atoms with E-state index in [2.05, 4.69) is 15.6 Å². The van der Waals surface area contributed by atoms with Gasteiger partial charge in [0.2, 0.25) is 0 Å². The lowest BCUT2D eigenvalue weighted by atomic mass is 9.83. The van der Waals surface area contributed by atoms with Crippen LogP contribution in [0.4, 0.5) is 0 Å². The average Bonchev–Trinajstić information content (AvgIpc) is 3.09. The molecule has 10 nitrogen and oxygen atoms in total. The van der Waals surface area contributed by atoms with Crippen molar-refractivity contribution < 1.29 is 30.6 Å². The van der Waals surface area contributed by atoms with E-state index in [1.165, 1.54) is 0 Å². The molecule has 1 fully saturated rings. The summed E-state index contributed by atoms with van der Waals surface area (Å²) in [5.74, 6) is 0. The van der Waals surface area contributed by atoms with E-state index < -0.39 is 36.6 Å². The molecule has 2 unspecified atom stereocenters. The number of nitrogens with one attached hydrogen (secondary N) is 1. The van der Waals surface area contributed by atoms with E-state index in [1.54, 1.807) is 10.9 Å². The molecule has 1 aromatic heterocycles. The predicted octanol–water partition coefficient (Wildman–Crippen LogP) is -2.50. The van der Waals surface area contributed by atoms with Gasteiger partial charge in [0.1, 0.15) is 30.5 Å². The lowest BCUT2D eigenvalue weighted by molar-refractivity contribution is -0.190. The van der Waals surface area contributed by atoms with Crippen LogP contribution in [0, 0.1) is 0 Å². The van der Waals surface area contributed by atoms with E-state index in [4.69, 9.17) is 5.11 Å². The van der Waals surface area contributed by atoms with Crippen molar-refractivity contribution in [2.24, 2.45) is 0 Å². The summed E-state index contributed by atoms with van der Waals surface area (Å²) in [6.07, 6.45) is -0.864. The number of aliphatic hydroxyl groups is 6. The largest absolute Gasteiger partial charge is 0.396 e. The molecule has 0 spiro atoms. The van der Waals surface area contributed by atoms with Gasteiger partial charge in [-0.25, -0.2) is 0 Å². The first-order valence-electron chi connectivity index (χ1n) is 9.09. The topological polar surface area (TPSA) is 164 Å². The van der Waals surface area contributed by atoms with Gasteiger partial charge in [-0.1, -0.05) is 24.5 Å². The Bertz CT molecular complexity index is 515. The summed E-state index contributed by atoms with van der Waals surface area (Å²) in [6.45, 7) is 1.14. The Morgan fingerprint density at radius 1 is 0.846 bits per heavy atom. The van der Waals surface area contributed by atoms with Crippen LogP contribution in [0.3, 0.4) is 0 Å². The van der Waals surface area contributed by atoms with Gasteiger partial charge in [0.05, 0.1) is 11.7 Å². The van der Waals surface area contributed by atoms with Gasteiger partial charge in [0.25, 0.3) is 0 Å². The predicted molar refractivity (Wildman–Crippen MR) is 90.9 cm³/mol. The van der Waals surface area contributed by atoms with Crippen molar-refractivity contribution in [1.82, 2.24) is 20.3 Å². The van der Waals surface area contributed by atoms with Crippen LogP contribution in [0.15, 0.2) is 6.20 Å². The van der Waals surface area contributed by atoms with Crippen molar-refractivity contribution in [3.63, 3.8) is 0 Å². The summed E-state index contributed by atoms with van der Waals surface area (Å²) >= 11 is 0. The van der Waals surface area contributed by atoms with Crippen LogP contribution in [0.25, 0.3) is 0 Å². The number of rotatable bonds is 10. The van der Waals surface area contributed by atoms with Gasteiger partial charge < -0.3 is 36.0 Å². The molecule has 26 heavy (non-hydrogen) atoms. The Kier molecular flexibility index (Phi) is 8.35. The standard InChI is InChI=1S/C16H30N4O6/c21-7-5-3-1-2-4-6-20-9-10(18-19-20)8-17-11-12(22)14(24)16(26)15(25)13(11)23/h9,11-17,21-26H,1-8H2/t11?,12-,13+,14+,15-,16?. The smallest absolute Gasteiger partial charge is 0.111 e. The fraction of sp³-hybridized carbons (Fsp3) is 0.875. The van der Waals surface area contributed by atoms with Crippen LogP contribution >= 0.6 is 0 Å². The fourth-order valence-corrected chi connectivity index (χ4v) is 3.14. The van der Waals surface area contributed by atoms with Crippen LogP contribution in [0.2, 0.25) is 0 Å². The van der Waals surface area contributed by atoms with Crippen molar-refractivity contribution in [2.45, 2.75) is 81.8 Å². The second-order valence-electron chi connectivity index (χ2n) is 6.82. The summed E-state index contributed by atoms with van der Waals surface area (Å²) in [4.78, 5) is 0. The van der Waals surface area contributed by atoms with E-state index >= 15 is 0 Å². The zero-order valence-electron chi connectivity index (χ0n) is 14.7. The number of nitrogens with zero attached hydrogens (tertiary/aromatic N) is 3. The SMILES string of the molecule is OCCCCCCCn1cc(CNC2[C@@H](O)[C@H](O)C(O)[C@H](O)[C@H]2O)nn1. The highest BCUT2D eigenvalue weighted by Gasteiger charge is 2.47. The van der Waals surface area contributed by atoms with E-state index in [0.717, 1.165) is 38.6 Å². The number of hydrogen-bond acceptors (Lipinski definition) is 9. The first kappa shape index (κ1) is 21.2. The Hall–Kier alpha value is -1.14. The Morgan fingerprint density at radius 3 is 2.08 bits per heavy atom. The minimum Gasteiger partial charge on any atom is -0.396 e. The molecule has 0 aromatic carbocycles. The van der Waals surface area contributed by atoms with Crippen molar-refractivity contribution in [1.29, 1.82) is 0 Å². The molecule has 150 valence electrons. The van der Waals surface area contributed by atoms with Crippen LogP contribution in [0.1, 0.15) is 37.8 Å². The summed E-state index contributed by atoms with van der Waals surface area (Å²) in [5.41, 5.74) is 0.597. The van der Waals surface area contributed by atoms with Gasteiger partial charge in [0, 0.05) is 25.9 Å². The minimum atomic E-state index is -1.60. The Balaban J connectivity index is 1.76. The van der Waals surface area contributed by atoms with Crippen molar-refractivity contribution in [2.75, 3.05) is 6.61 Å². The molecule has 1 aromatic rings. The first-order chi connectivity index (χ1) is 12.5. The molecule has 1 saturated carbocycles. The third-order valence-electron chi connectivity index (χ3n) is 4.79. The summed E-state index contributed by atoms with van der Waals surface area (Å²) < 4.78 is 1.71. The maximum atomic E-state index is 9.98. The zero-order valence-corrected chi connectivity index (χ0v) is 14.7. The minimum absolute atomic E-state index is 0.185. The average molecular weight is 374 g/mol. The zero-order chi connectivity index (χ0) is 19.1. The molecule has 7 N–H and O–H groups in total. The first-order valence-corrected chi connectivity index (χ1v) is 9.09. The number of aryl methyl sites for hydroxylation is 1. The molecule has 0 amide bonds. The Labute approximate surface area is 152 Å². The van der Waals surface area contributed by atoms with E-state index in [0.29, 0.717) is 5.69 Å². The molecule has 1 heterocycles. The van der Waals surface area contributed by atoms with Gasteiger partial charge in [0.15, 0.2) is 0 Å². The van der Waals surface area contributed by atoms with E-state index in [9.17, 15) is 25.5 Å². The van der Waals surface area contributed by atoms with Gasteiger partial charge >= 0.3 is 0 Å². The lowest BCUT2D eigenvalue weighted by Crippen LogP contribution is -2.67. The van der Waals surface area contributed by atoms with Crippen LogP contribution in [0.5, 0.6) is 0 Å². The second-order valence-corrected chi connectivity index (χ2v) is 6.82. The third kappa shape index (κ3) is 5.43. The molecule has 10 heteroatoms. The molecule has 0 aliphatic heterocycles. The maximum absolute atomic E-state index is 9.98. The lowest BCUT2D eigenvalue weighted by Gasteiger charge is -2.42. The molecule has 0 saturated heterocycles. The summed E-state index contributed by atoms with van der Waals surface area (Å²) in [6, 6.07) is -1.000. The molecular formula is C16H30N4O6. The van der Waals surface area contributed by atoms with E-state index in [1.807, 2.05) is 0 Å². The van der Waals surface area contributed by atoms with Crippen molar-refractivity contribution in [3.05, 3.63) is 11.9 Å². The monoisotopic (exact) mass is 374 g/mol. The summed E-state index contributed by atoms with van der Waals surface area (Å²) in [7, 11) is 0. The normalized spacial score (nSPS) is 32.1. The van der Waals surface area contributed by atoms with Gasteiger partial charge in [-0.15, -0.1) is 5.10 Å². The molecule has 1 aliphatic rings.